The van der Waals surface area contributed by atoms with Gasteiger partial charge >= 0.3 is 0 Å². The molecule has 0 amide bonds. The summed E-state index contributed by atoms with van der Waals surface area (Å²) >= 11 is 0. The average molecular weight is 329 g/mol. The lowest BCUT2D eigenvalue weighted by Crippen LogP contribution is -2.49. The molecule has 0 aliphatic carbocycles. The molecular formula is C14H17F2N3O2S. The van der Waals surface area contributed by atoms with E-state index in [4.69, 9.17) is 5.26 Å². The second kappa shape index (κ2) is 6.69. The maximum absolute atomic E-state index is 13.7. The molecule has 1 aromatic rings. The van der Waals surface area contributed by atoms with Gasteiger partial charge in [-0.2, -0.15) is 9.57 Å². The molecule has 120 valence electrons. The second-order valence-electron chi connectivity index (χ2n) is 5.31. The second-order valence-corrected chi connectivity index (χ2v) is 7.22. The van der Waals surface area contributed by atoms with Crippen molar-refractivity contribution in [1.29, 1.82) is 5.26 Å². The zero-order chi connectivity index (χ0) is 16.3. The van der Waals surface area contributed by atoms with E-state index in [-0.39, 0.29) is 19.0 Å². The van der Waals surface area contributed by atoms with Crippen LogP contribution in [0.2, 0.25) is 0 Å². The van der Waals surface area contributed by atoms with Gasteiger partial charge in [0.25, 0.3) is 0 Å². The first-order valence-corrected chi connectivity index (χ1v) is 8.36. The highest BCUT2D eigenvalue weighted by Crippen LogP contribution is 2.21. The third-order valence-electron chi connectivity index (χ3n) is 3.59. The van der Waals surface area contributed by atoms with Crippen molar-refractivity contribution in [3.05, 3.63) is 29.8 Å². The summed E-state index contributed by atoms with van der Waals surface area (Å²) in [4.78, 5) is 1.35. The first-order chi connectivity index (χ1) is 10.3. The molecule has 1 aromatic carbocycles. The number of hydrogen-bond acceptors (Lipinski definition) is 4. The van der Waals surface area contributed by atoms with Gasteiger partial charge in [-0.05, 0) is 25.1 Å². The van der Waals surface area contributed by atoms with Crippen LogP contribution in [0.4, 0.5) is 8.78 Å². The molecular weight excluding hydrogens is 312 g/mol. The standard InChI is InChI=1S/C14H17F2N3O2S/c1-11(9-17)10-18-4-6-19(7-5-18)22(20,21)14-8-12(15)2-3-13(14)16/h2-3,8,11H,4-7,10H2,1H3/t11-/m1/s1. The molecule has 0 spiro atoms. The van der Waals surface area contributed by atoms with Gasteiger partial charge in [0.2, 0.25) is 10.0 Å². The van der Waals surface area contributed by atoms with Crippen molar-refractivity contribution in [3.63, 3.8) is 0 Å². The Balaban J connectivity index is 2.10. The Morgan fingerprint density at radius 2 is 1.91 bits per heavy atom. The first kappa shape index (κ1) is 16.8. The molecule has 8 heteroatoms. The van der Waals surface area contributed by atoms with Gasteiger partial charge in [0.05, 0.1) is 12.0 Å². The van der Waals surface area contributed by atoms with E-state index in [1.165, 1.54) is 0 Å². The highest BCUT2D eigenvalue weighted by Gasteiger charge is 2.31. The lowest BCUT2D eigenvalue weighted by molar-refractivity contribution is 0.178. The molecule has 1 saturated heterocycles. The maximum Gasteiger partial charge on any atom is 0.246 e. The minimum Gasteiger partial charge on any atom is -0.299 e. The van der Waals surface area contributed by atoms with Crippen LogP contribution < -0.4 is 0 Å². The molecule has 1 fully saturated rings. The molecule has 1 aliphatic heterocycles. The number of halogens is 2. The summed E-state index contributed by atoms with van der Waals surface area (Å²) in [5, 5.41) is 8.79. The third-order valence-corrected chi connectivity index (χ3v) is 5.51. The fourth-order valence-corrected chi connectivity index (χ4v) is 3.89. The summed E-state index contributed by atoms with van der Waals surface area (Å²) in [5.41, 5.74) is 0. The van der Waals surface area contributed by atoms with E-state index in [9.17, 15) is 17.2 Å². The Kier molecular flexibility index (Phi) is 5.11. The van der Waals surface area contributed by atoms with E-state index in [0.717, 1.165) is 16.4 Å². The molecule has 5 nitrogen and oxygen atoms in total. The van der Waals surface area contributed by atoms with Crippen molar-refractivity contribution in [1.82, 2.24) is 9.21 Å². The highest BCUT2D eigenvalue weighted by atomic mass is 32.2. The molecule has 0 aromatic heterocycles. The SMILES string of the molecule is C[C@H](C#N)CN1CCN(S(=O)(=O)c2cc(F)ccc2F)CC1. The van der Waals surface area contributed by atoms with Gasteiger partial charge in [-0.15, -0.1) is 0 Å². The fraction of sp³-hybridized carbons (Fsp3) is 0.500. The Bertz CT molecular complexity index is 680. The van der Waals surface area contributed by atoms with E-state index in [1.807, 2.05) is 4.90 Å². The van der Waals surface area contributed by atoms with Crippen molar-refractivity contribution >= 4 is 10.0 Å². The van der Waals surface area contributed by atoms with E-state index in [0.29, 0.717) is 25.7 Å². The monoisotopic (exact) mass is 329 g/mol. The molecule has 22 heavy (non-hydrogen) atoms. The van der Waals surface area contributed by atoms with Crippen LogP contribution in [0.5, 0.6) is 0 Å². The van der Waals surface area contributed by atoms with Gasteiger partial charge in [0.1, 0.15) is 16.5 Å². The molecule has 1 atom stereocenters. The van der Waals surface area contributed by atoms with Gasteiger partial charge < -0.3 is 0 Å². The summed E-state index contributed by atoms with van der Waals surface area (Å²) in [6, 6.07) is 4.53. The average Bonchev–Trinajstić information content (AvgIpc) is 2.50. The molecule has 0 bridgehead atoms. The third kappa shape index (κ3) is 3.61. The first-order valence-electron chi connectivity index (χ1n) is 6.92. The number of nitrogens with zero attached hydrogens (tertiary/aromatic N) is 3. The molecule has 1 heterocycles. The maximum atomic E-state index is 13.7. The van der Waals surface area contributed by atoms with E-state index in [2.05, 4.69) is 6.07 Å². The molecule has 1 aliphatic rings. The van der Waals surface area contributed by atoms with Crippen molar-refractivity contribution in [3.8, 4) is 6.07 Å². The molecule has 0 saturated carbocycles. The number of nitriles is 1. The van der Waals surface area contributed by atoms with Crippen LogP contribution >= 0.6 is 0 Å². The Labute approximate surface area is 128 Å². The Morgan fingerprint density at radius 1 is 1.27 bits per heavy atom. The Hall–Kier alpha value is -1.56. The molecule has 0 unspecified atom stereocenters. The Morgan fingerprint density at radius 3 is 2.50 bits per heavy atom. The fourth-order valence-electron chi connectivity index (χ4n) is 2.39. The zero-order valence-electron chi connectivity index (χ0n) is 12.2. The number of hydrogen-bond donors (Lipinski definition) is 0. The van der Waals surface area contributed by atoms with Gasteiger partial charge in [-0.3, -0.25) is 4.90 Å². The lowest BCUT2D eigenvalue weighted by Gasteiger charge is -2.34. The normalized spacial score (nSPS) is 18.8. The number of benzene rings is 1. The molecule has 2 rings (SSSR count). The minimum atomic E-state index is -4.05. The van der Waals surface area contributed by atoms with Crippen LogP contribution in [0, 0.1) is 28.9 Å². The minimum absolute atomic E-state index is 0.135. The molecule has 0 radical (unpaired) electrons. The van der Waals surface area contributed by atoms with Crippen molar-refractivity contribution in [2.24, 2.45) is 5.92 Å². The van der Waals surface area contributed by atoms with E-state index < -0.39 is 26.6 Å². The summed E-state index contributed by atoms with van der Waals surface area (Å²) < 4.78 is 52.8. The summed E-state index contributed by atoms with van der Waals surface area (Å²) in [7, 11) is -4.05. The quantitative estimate of drug-likeness (QED) is 0.838. The van der Waals surface area contributed by atoms with Crippen LogP contribution in [-0.4, -0.2) is 50.3 Å². The van der Waals surface area contributed by atoms with Gasteiger partial charge in [0, 0.05) is 32.7 Å². The van der Waals surface area contributed by atoms with Gasteiger partial charge in [-0.1, -0.05) is 0 Å². The predicted molar refractivity (Wildman–Crippen MR) is 76.3 cm³/mol. The number of rotatable bonds is 4. The topological polar surface area (TPSA) is 64.4 Å². The van der Waals surface area contributed by atoms with Crippen molar-refractivity contribution in [2.45, 2.75) is 11.8 Å². The van der Waals surface area contributed by atoms with Crippen molar-refractivity contribution in [2.75, 3.05) is 32.7 Å². The van der Waals surface area contributed by atoms with Crippen LogP contribution in [0.15, 0.2) is 23.1 Å². The predicted octanol–water partition coefficient (Wildman–Crippen LogP) is 1.43. The summed E-state index contributed by atoms with van der Waals surface area (Å²) in [6.07, 6.45) is 0. The van der Waals surface area contributed by atoms with E-state index in [1.54, 1.807) is 6.92 Å². The van der Waals surface area contributed by atoms with E-state index >= 15 is 0 Å². The smallest absolute Gasteiger partial charge is 0.246 e. The van der Waals surface area contributed by atoms with Crippen LogP contribution in [0.1, 0.15) is 6.92 Å². The van der Waals surface area contributed by atoms with Crippen LogP contribution in [0.25, 0.3) is 0 Å². The number of sulfonamides is 1. The zero-order valence-corrected chi connectivity index (χ0v) is 13.0. The largest absolute Gasteiger partial charge is 0.299 e. The van der Waals surface area contributed by atoms with Gasteiger partial charge in [-0.25, -0.2) is 17.2 Å². The highest BCUT2D eigenvalue weighted by molar-refractivity contribution is 7.89. The number of piperazine rings is 1. The van der Waals surface area contributed by atoms with Gasteiger partial charge in [0.15, 0.2) is 0 Å². The summed E-state index contributed by atoms with van der Waals surface area (Å²) in [5.74, 6) is -1.88. The van der Waals surface area contributed by atoms with Crippen LogP contribution in [0.3, 0.4) is 0 Å². The lowest BCUT2D eigenvalue weighted by atomic mass is 10.2. The molecule has 0 N–H and O–H groups in total. The van der Waals surface area contributed by atoms with Crippen molar-refractivity contribution < 1.29 is 17.2 Å². The van der Waals surface area contributed by atoms with Crippen LogP contribution in [-0.2, 0) is 10.0 Å². The summed E-state index contributed by atoms with van der Waals surface area (Å²) in [6.45, 7) is 3.67.